The summed E-state index contributed by atoms with van der Waals surface area (Å²) in [5, 5.41) is 6.83. The molecule has 0 saturated carbocycles. The predicted molar refractivity (Wildman–Crippen MR) is 122 cm³/mol. The predicted octanol–water partition coefficient (Wildman–Crippen LogP) is 4.24. The highest BCUT2D eigenvalue weighted by molar-refractivity contribution is 7.22. The number of anilines is 2. The van der Waals surface area contributed by atoms with Gasteiger partial charge < -0.3 is 25.1 Å². The first-order valence-electron chi connectivity index (χ1n) is 10.2. The molecule has 4 aromatic rings. The first-order valence-corrected chi connectivity index (χ1v) is 11.0. The van der Waals surface area contributed by atoms with Crippen molar-refractivity contribution in [2.45, 2.75) is 19.4 Å². The molecule has 0 aliphatic rings. The quantitative estimate of drug-likeness (QED) is 0.231. The zero-order chi connectivity index (χ0) is 23.4. The first-order chi connectivity index (χ1) is 15.8. The second-order valence-corrected chi connectivity index (χ2v) is 8.30. The summed E-state index contributed by atoms with van der Waals surface area (Å²) < 4.78 is 49.5. The summed E-state index contributed by atoms with van der Waals surface area (Å²) in [5.74, 6) is 0.287. The maximum absolute atomic E-state index is 12.5. The zero-order valence-corrected chi connectivity index (χ0v) is 18.6. The van der Waals surface area contributed by atoms with Crippen LogP contribution in [0.4, 0.5) is 24.3 Å². The number of alkyl halides is 3. The number of imidazole rings is 1. The number of thiazole rings is 1. The molecule has 4 rings (SSSR count). The number of hydrogen-bond acceptors (Lipinski definition) is 8. The SMILES string of the molecule is Cn1c(Nc2nc3ccc(OC(F)(F)F)cc3s2)nc2cc(COCNCCCN)ccc21. The van der Waals surface area contributed by atoms with Gasteiger partial charge in [0.25, 0.3) is 0 Å². The summed E-state index contributed by atoms with van der Waals surface area (Å²) in [5.41, 5.74) is 8.72. The van der Waals surface area contributed by atoms with Crippen molar-refractivity contribution in [2.75, 3.05) is 25.1 Å². The van der Waals surface area contributed by atoms with Gasteiger partial charge in [0.1, 0.15) is 5.75 Å². The molecular formula is C21H23F3N6O2S. The van der Waals surface area contributed by atoms with Crippen LogP contribution < -0.4 is 21.1 Å². The number of hydrogen-bond donors (Lipinski definition) is 3. The van der Waals surface area contributed by atoms with E-state index in [2.05, 4.69) is 25.3 Å². The van der Waals surface area contributed by atoms with Crippen LogP contribution in [-0.2, 0) is 18.4 Å². The molecular weight excluding hydrogens is 457 g/mol. The van der Waals surface area contributed by atoms with Crippen LogP contribution in [0.5, 0.6) is 5.75 Å². The lowest BCUT2D eigenvalue weighted by molar-refractivity contribution is -0.274. The van der Waals surface area contributed by atoms with E-state index in [0.29, 0.717) is 41.2 Å². The van der Waals surface area contributed by atoms with E-state index in [1.807, 2.05) is 29.8 Å². The Kier molecular flexibility index (Phi) is 6.98. The summed E-state index contributed by atoms with van der Waals surface area (Å²) in [6, 6.07) is 9.95. The highest BCUT2D eigenvalue weighted by Crippen LogP contribution is 2.33. The molecule has 0 unspecified atom stereocenters. The molecule has 2 heterocycles. The van der Waals surface area contributed by atoms with Gasteiger partial charge in [-0.1, -0.05) is 17.4 Å². The summed E-state index contributed by atoms with van der Waals surface area (Å²) >= 11 is 1.22. The van der Waals surface area contributed by atoms with E-state index in [4.69, 9.17) is 10.5 Å². The topological polar surface area (TPSA) is 99.2 Å². The van der Waals surface area contributed by atoms with E-state index < -0.39 is 6.36 Å². The van der Waals surface area contributed by atoms with Gasteiger partial charge in [-0.05, 0) is 49.3 Å². The zero-order valence-electron chi connectivity index (χ0n) is 17.8. The summed E-state index contributed by atoms with van der Waals surface area (Å²) in [6.07, 6.45) is -3.84. The lowest BCUT2D eigenvalue weighted by Crippen LogP contribution is -2.21. The van der Waals surface area contributed by atoms with Gasteiger partial charge in [0, 0.05) is 13.1 Å². The molecule has 0 aliphatic heterocycles. The van der Waals surface area contributed by atoms with Crippen LogP contribution in [0.3, 0.4) is 0 Å². The smallest absolute Gasteiger partial charge is 0.406 e. The molecule has 0 saturated heterocycles. The first kappa shape index (κ1) is 23.2. The van der Waals surface area contributed by atoms with Crippen molar-refractivity contribution in [2.24, 2.45) is 12.8 Å². The maximum atomic E-state index is 12.5. The number of nitrogens with one attached hydrogen (secondary N) is 2. The number of ether oxygens (including phenoxy) is 2. The Bertz CT molecular complexity index is 1240. The molecule has 0 radical (unpaired) electrons. The van der Waals surface area contributed by atoms with Crippen molar-refractivity contribution in [1.29, 1.82) is 0 Å². The average molecular weight is 481 g/mol. The summed E-state index contributed by atoms with van der Waals surface area (Å²) in [4.78, 5) is 9.06. The van der Waals surface area contributed by atoms with E-state index >= 15 is 0 Å². The molecule has 8 nitrogen and oxygen atoms in total. The average Bonchev–Trinajstić information content (AvgIpc) is 3.29. The minimum atomic E-state index is -4.74. The third-order valence-electron chi connectivity index (χ3n) is 4.79. The van der Waals surface area contributed by atoms with Gasteiger partial charge in [-0.3, -0.25) is 5.32 Å². The van der Waals surface area contributed by atoms with E-state index in [-0.39, 0.29) is 5.75 Å². The minimum absolute atomic E-state index is 0.280. The van der Waals surface area contributed by atoms with Crippen LogP contribution in [0.1, 0.15) is 12.0 Å². The molecule has 0 fully saturated rings. The maximum Gasteiger partial charge on any atom is 0.573 e. The van der Waals surface area contributed by atoms with Gasteiger partial charge in [-0.2, -0.15) is 0 Å². The number of nitrogens with two attached hydrogens (primary N) is 1. The van der Waals surface area contributed by atoms with Crippen LogP contribution in [0.2, 0.25) is 0 Å². The van der Waals surface area contributed by atoms with Crippen molar-refractivity contribution in [3.8, 4) is 5.75 Å². The van der Waals surface area contributed by atoms with Crippen molar-refractivity contribution in [3.63, 3.8) is 0 Å². The molecule has 0 spiro atoms. The highest BCUT2D eigenvalue weighted by atomic mass is 32.1. The van der Waals surface area contributed by atoms with Crippen LogP contribution in [0.25, 0.3) is 21.3 Å². The second-order valence-electron chi connectivity index (χ2n) is 7.27. The lowest BCUT2D eigenvalue weighted by atomic mass is 10.2. The number of rotatable bonds is 10. The van der Waals surface area contributed by atoms with Gasteiger partial charge in [0.05, 0.1) is 34.6 Å². The second kappa shape index (κ2) is 9.91. The Hall–Kier alpha value is -2.93. The fourth-order valence-corrected chi connectivity index (χ4v) is 4.13. The number of halogens is 3. The Labute approximate surface area is 191 Å². The van der Waals surface area contributed by atoms with Crippen molar-refractivity contribution in [1.82, 2.24) is 19.9 Å². The molecule has 0 atom stereocenters. The van der Waals surface area contributed by atoms with Gasteiger partial charge in [-0.25, -0.2) is 9.97 Å². The number of benzene rings is 2. The van der Waals surface area contributed by atoms with Gasteiger partial charge in [0.2, 0.25) is 5.95 Å². The third kappa shape index (κ3) is 5.90. The normalized spacial score (nSPS) is 12.0. The molecule has 12 heteroatoms. The summed E-state index contributed by atoms with van der Waals surface area (Å²) in [6.45, 7) is 2.35. The number of fused-ring (bicyclic) bond motifs is 2. The van der Waals surface area contributed by atoms with Crippen LogP contribution in [0, 0.1) is 0 Å². The van der Waals surface area contributed by atoms with Crippen molar-refractivity contribution >= 4 is 43.7 Å². The highest BCUT2D eigenvalue weighted by Gasteiger charge is 2.31. The third-order valence-corrected chi connectivity index (χ3v) is 5.72. The Balaban J connectivity index is 1.45. The fourth-order valence-electron chi connectivity index (χ4n) is 3.24. The molecule has 0 amide bonds. The molecule has 2 aromatic carbocycles. The van der Waals surface area contributed by atoms with Crippen LogP contribution in [0.15, 0.2) is 36.4 Å². The van der Waals surface area contributed by atoms with Crippen LogP contribution in [-0.4, -0.2) is 40.7 Å². The number of aromatic nitrogens is 3. The molecule has 4 N–H and O–H groups in total. The van der Waals surface area contributed by atoms with Gasteiger partial charge in [-0.15, -0.1) is 13.2 Å². The molecule has 33 heavy (non-hydrogen) atoms. The number of nitrogens with zero attached hydrogens (tertiary/aromatic N) is 3. The van der Waals surface area contributed by atoms with E-state index in [1.165, 1.54) is 29.5 Å². The lowest BCUT2D eigenvalue weighted by Gasteiger charge is -2.07. The van der Waals surface area contributed by atoms with Gasteiger partial charge in [0.15, 0.2) is 5.13 Å². The molecule has 0 aliphatic carbocycles. The van der Waals surface area contributed by atoms with E-state index in [9.17, 15) is 13.2 Å². The standard InChI is InChI=1S/C21H23F3N6O2S/c1-30-17-6-3-13(11-31-12-26-8-2-7-25)9-16(17)27-19(30)29-20-28-15-5-4-14(10-18(15)33-20)32-21(22,23)24/h3-6,9-10,26H,2,7-8,11-12,25H2,1H3,(H,27,28,29). The Morgan fingerprint density at radius 3 is 2.76 bits per heavy atom. The number of aryl methyl sites for hydroxylation is 1. The van der Waals surface area contributed by atoms with Crippen molar-refractivity contribution in [3.05, 3.63) is 42.0 Å². The minimum Gasteiger partial charge on any atom is -0.406 e. The van der Waals surface area contributed by atoms with E-state index in [1.54, 1.807) is 0 Å². The monoisotopic (exact) mass is 480 g/mol. The molecule has 0 bridgehead atoms. The van der Waals surface area contributed by atoms with Crippen LogP contribution >= 0.6 is 11.3 Å². The van der Waals surface area contributed by atoms with Crippen molar-refractivity contribution < 1.29 is 22.6 Å². The largest absolute Gasteiger partial charge is 0.573 e. The van der Waals surface area contributed by atoms with Gasteiger partial charge >= 0.3 is 6.36 Å². The summed E-state index contributed by atoms with van der Waals surface area (Å²) in [7, 11) is 1.87. The molecule has 176 valence electrons. The fraction of sp³-hybridized carbons (Fsp3) is 0.333. The Morgan fingerprint density at radius 2 is 1.97 bits per heavy atom. The molecule has 2 aromatic heterocycles. The Morgan fingerprint density at radius 1 is 1.12 bits per heavy atom. The van der Waals surface area contributed by atoms with E-state index in [0.717, 1.165) is 29.6 Å².